The summed E-state index contributed by atoms with van der Waals surface area (Å²) < 4.78 is 14.2. The molecule has 0 aliphatic heterocycles. The molecule has 0 aliphatic rings. The Morgan fingerprint density at radius 1 is 1.62 bits per heavy atom. The van der Waals surface area contributed by atoms with Crippen LogP contribution in [-0.4, -0.2) is 12.7 Å². The fraction of sp³-hybridized carbons (Fsp3) is 0. The third-order valence-corrected chi connectivity index (χ3v) is 3.09. The number of hydrogen-bond acceptors (Lipinski definition) is 3. The van der Waals surface area contributed by atoms with Crippen LogP contribution in [0.1, 0.15) is 0 Å². The first-order chi connectivity index (χ1) is 3.62. The summed E-state index contributed by atoms with van der Waals surface area (Å²) in [6.07, 6.45) is 1.33. The fourth-order valence-corrected chi connectivity index (χ4v) is 1.32. The summed E-state index contributed by atoms with van der Waals surface area (Å²) in [4.78, 5) is 0. The van der Waals surface area contributed by atoms with Crippen molar-refractivity contribution in [2.24, 2.45) is 0 Å². The van der Waals surface area contributed by atoms with Crippen LogP contribution in [-0.2, 0) is 8.50 Å². The van der Waals surface area contributed by atoms with Crippen molar-refractivity contribution >= 4 is 32.0 Å². The summed E-state index contributed by atoms with van der Waals surface area (Å²) in [5.74, 6) is 0. The molecule has 0 bridgehead atoms. The average Bonchev–Trinajstić information content (AvgIpc) is 1.67. The summed E-state index contributed by atoms with van der Waals surface area (Å²) in [6.45, 7) is 6.73. The first-order valence-electron chi connectivity index (χ1n) is 1.86. The third kappa shape index (κ3) is 3.04. The van der Waals surface area contributed by atoms with E-state index >= 15 is 0 Å². The second-order valence-electron chi connectivity index (χ2n) is 1.03. The van der Waals surface area contributed by atoms with Gasteiger partial charge in [-0.25, -0.2) is 0 Å². The van der Waals surface area contributed by atoms with Crippen LogP contribution in [0.15, 0.2) is 12.0 Å². The molecule has 0 unspecified atom stereocenters. The minimum absolute atomic E-state index is 1.10. The Labute approximate surface area is 54.0 Å². The molecular formula is C3H7BN2S2. The van der Waals surface area contributed by atoms with Crippen LogP contribution in [0.2, 0.25) is 0 Å². The van der Waals surface area contributed by atoms with E-state index in [9.17, 15) is 0 Å². The first kappa shape index (κ1) is 7.97. The molecule has 0 rings (SSSR count). The zero-order valence-electron chi connectivity index (χ0n) is 4.39. The Morgan fingerprint density at radius 3 is 2.25 bits per heavy atom. The third-order valence-electron chi connectivity index (χ3n) is 0.455. The summed E-state index contributed by atoms with van der Waals surface area (Å²) in [6, 6.07) is 0. The summed E-state index contributed by atoms with van der Waals surface area (Å²) in [7, 11) is -1.01. The van der Waals surface area contributed by atoms with E-state index < -0.39 is 8.50 Å². The molecule has 0 atom stereocenters. The van der Waals surface area contributed by atoms with Gasteiger partial charge in [0, 0.05) is 0 Å². The molecule has 0 spiro atoms. The maximum absolute atomic E-state index is 7.10. The minimum atomic E-state index is -2.11. The number of rotatable bonds is 3. The molecule has 0 radical (unpaired) electrons. The van der Waals surface area contributed by atoms with Crippen LogP contribution in [0.4, 0.5) is 0 Å². The molecular weight excluding hydrogens is 139 g/mol. The molecule has 5 heteroatoms. The molecule has 0 saturated carbocycles. The molecule has 0 saturated heterocycles. The molecule has 44 valence electrons. The monoisotopic (exact) mass is 146 g/mol. The van der Waals surface area contributed by atoms with Gasteiger partial charge in [0.25, 0.3) is 0 Å². The van der Waals surface area contributed by atoms with Crippen molar-refractivity contribution in [3.8, 4) is 0 Å². The van der Waals surface area contributed by atoms with Gasteiger partial charge in [-0.3, -0.25) is 0 Å². The molecule has 8 heavy (non-hydrogen) atoms. The van der Waals surface area contributed by atoms with E-state index in [0.717, 1.165) is 10.8 Å². The molecule has 2 N–H and O–H groups in total. The maximum atomic E-state index is 7.10. The van der Waals surface area contributed by atoms with Crippen LogP contribution in [0.5, 0.6) is 0 Å². The van der Waals surface area contributed by atoms with Gasteiger partial charge in [-0.2, -0.15) is 0 Å². The van der Waals surface area contributed by atoms with Gasteiger partial charge in [0.15, 0.2) is 0 Å². The summed E-state index contributed by atoms with van der Waals surface area (Å²) >= 11 is 0. The van der Waals surface area contributed by atoms with Crippen LogP contribution in [0.3, 0.4) is 0 Å². The van der Waals surface area contributed by atoms with Gasteiger partial charge < -0.3 is 0 Å². The summed E-state index contributed by atoms with van der Waals surface area (Å²) in [5, 5.41) is 1.50. The van der Waals surface area contributed by atoms with Gasteiger partial charge in [0.1, 0.15) is 0 Å². The second-order valence-corrected chi connectivity index (χ2v) is 5.25. The van der Waals surface area contributed by atoms with Gasteiger partial charge >= 0.3 is 53.5 Å². The zero-order chi connectivity index (χ0) is 6.62. The predicted octanol–water partition coefficient (Wildman–Crippen LogP) is 1.51. The average molecular weight is 146 g/mol. The molecule has 0 fully saturated rings. The van der Waals surface area contributed by atoms with Crippen molar-refractivity contribution in [3.05, 3.63) is 12.0 Å². The quantitative estimate of drug-likeness (QED) is 0.460. The van der Waals surface area contributed by atoms with Crippen molar-refractivity contribution in [2.75, 3.05) is 0 Å². The first-order valence-corrected chi connectivity index (χ1v) is 4.96. The van der Waals surface area contributed by atoms with Gasteiger partial charge in [0.2, 0.25) is 0 Å². The normalized spacial score (nSPS) is 10.0. The van der Waals surface area contributed by atoms with Crippen molar-refractivity contribution < 1.29 is 0 Å². The van der Waals surface area contributed by atoms with E-state index in [1.54, 1.807) is 0 Å². The SMILES string of the molecule is C=BS(=N)(=N)SC=C. The van der Waals surface area contributed by atoms with Crippen molar-refractivity contribution in [2.45, 2.75) is 0 Å². The standard InChI is InChI=1S/C3H7BN2S2/c1-3-7-8(5,6)4-2/h3,5-6H,1-2H2. The second kappa shape index (κ2) is 3.09. The van der Waals surface area contributed by atoms with Crippen molar-refractivity contribution in [1.82, 2.24) is 0 Å². The van der Waals surface area contributed by atoms with Crippen LogP contribution in [0.25, 0.3) is 0 Å². The van der Waals surface area contributed by atoms with E-state index in [-0.39, 0.29) is 0 Å². The van der Waals surface area contributed by atoms with Gasteiger partial charge in [0.05, 0.1) is 0 Å². The van der Waals surface area contributed by atoms with Gasteiger partial charge in [-0.15, -0.1) is 0 Å². The van der Waals surface area contributed by atoms with Gasteiger partial charge in [-0.1, -0.05) is 0 Å². The van der Waals surface area contributed by atoms with Crippen LogP contribution in [0, 0.1) is 9.56 Å². The zero-order valence-corrected chi connectivity index (χ0v) is 6.02. The molecule has 0 heterocycles. The Bertz CT molecular complexity index is 181. The van der Waals surface area contributed by atoms with E-state index in [4.69, 9.17) is 9.56 Å². The molecule has 0 aromatic rings. The number of hydrogen-bond donors (Lipinski definition) is 2. The predicted molar refractivity (Wildman–Crippen MR) is 43.5 cm³/mol. The van der Waals surface area contributed by atoms with Crippen molar-refractivity contribution in [1.29, 1.82) is 9.56 Å². The van der Waals surface area contributed by atoms with Crippen molar-refractivity contribution in [3.63, 3.8) is 0 Å². The molecule has 0 aliphatic carbocycles. The number of nitrogens with one attached hydrogen (secondary N) is 2. The molecule has 0 aromatic heterocycles. The molecule has 0 amide bonds. The Kier molecular flexibility index (Phi) is 3.08. The Balaban J connectivity index is 4.15. The Hall–Kier alpha value is -0.0251. The Morgan fingerprint density at radius 2 is 2.12 bits per heavy atom. The topological polar surface area (TPSA) is 47.7 Å². The van der Waals surface area contributed by atoms with Crippen LogP contribution < -0.4 is 0 Å². The van der Waals surface area contributed by atoms with Gasteiger partial charge in [-0.05, 0) is 0 Å². The van der Waals surface area contributed by atoms with E-state index in [0.29, 0.717) is 0 Å². The van der Waals surface area contributed by atoms with E-state index in [1.807, 2.05) is 0 Å². The van der Waals surface area contributed by atoms with Crippen LogP contribution >= 0.6 is 10.8 Å². The summed E-state index contributed by atoms with van der Waals surface area (Å²) in [5.41, 5.74) is 0. The molecule has 0 aromatic carbocycles. The van der Waals surface area contributed by atoms with E-state index in [2.05, 4.69) is 13.0 Å². The fourth-order valence-electron chi connectivity index (χ4n) is 0.147. The van der Waals surface area contributed by atoms with E-state index in [1.165, 1.54) is 11.6 Å². The molecule has 2 nitrogen and oxygen atoms in total.